The van der Waals surface area contributed by atoms with Gasteiger partial charge in [-0.05, 0) is 13.0 Å². The van der Waals surface area contributed by atoms with Gasteiger partial charge in [0.05, 0.1) is 14.2 Å². The van der Waals surface area contributed by atoms with Gasteiger partial charge in [0.1, 0.15) is 5.75 Å². The van der Waals surface area contributed by atoms with Gasteiger partial charge in [-0.15, -0.1) is 0 Å². The predicted molar refractivity (Wildman–Crippen MR) is 84.6 cm³/mol. The van der Waals surface area contributed by atoms with Gasteiger partial charge in [-0.2, -0.15) is 8.78 Å². The van der Waals surface area contributed by atoms with Crippen molar-refractivity contribution in [3.63, 3.8) is 0 Å². The Morgan fingerprint density at radius 2 is 1.46 bits per heavy atom. The van der Waals surface area contributed by atoms with Crippen molar-refractivity contribution in [1.29, 1.82) is 0 Å². The largest absolute Gasteiger partial charge is 0.496 e. The predicted octanol–water partition coefficient (Wildman–Crippen LogP) is 3.30. The van der Waals surface area contributed by atoms with Gasteiger partial charge in [0.25, 0.3) is 0 Å². The van der Waals surface area contributed by atoms with Gasteiger partial charge in [0.15, 0.2) is 22.3 Å². The third kappa shape index (κ3) is 3.47. The highest BCUT2D eigenvalue weighted by atomic mass is 32.2. The summed E-state index contributed by atoms with van der Waals surface area (Å²) in [4.78, 5) is -1.77. The molecule has 10 heteroatoms. The number of ether oxygens (including phenoxy) is 2. The summed E-state index contributed by atoms with van der Waals surface area (Å²) in [6, 6.07) is 5.29. The van der Waals surface area contributed by atoms with E-state index < -0.39 is 50.0 Å². The first-order valence-corrected chi connectivity index (χ1v) is 8.69. The SMILES string of the molecule is COc1ccccc1C(C)NS(=O)(=O)c1c(F)c(F)c(OC)c(F)c1F. The number of sulfonamides is 1. The molecule has 0 saturated carbocycles. The summed E-state index contributed by atoms with van der Waals surface area (Å²) in [5.41, 5.74) is 0.355. The third-order valence-electron chi connectivity index (χ3n) is 3.59. The summed E-state index contributed by atoms with van der Waals surface area (Å²) >= 11 is 0. The van der Waals surface area contributed by atoms with Crippen LogP contribution in [0.3, 0.4) is 0 Å². The molecule has 5 nitrogen and oxygen atoms in total. The summed E-state index contributed by atoms with van der Waals surface area (Å²) in [5.74, 6) is -9.10. The summed E-state index contributed by atoms with van der Waals surface area (Å²) in [6.07, 6.45) is 0. The molecular weight excluding hydrogens is 378 g/mol. The molecule has 0 bridgehead atoms. The Kier molecular flexibility index (Phi) is 5.77. The smallest absolute Gasteiger partial charge is 0.247 e. The number of hydrogen-bond acceptors (Lipinski definition) is 4. The maximum atomic E-state index is 14.1. The van der Waals surface area contributed by atoms with E-state index in [-0.39, 0.29) is 0 Å². The molecule has 26 heavy (non-hydrogen) atoms. The minimum Gasteiger partial charge on any atom is -0.496 e. The highest BCUT2D eigenvalue weighted by molar-refractivity contribution is 7.89. The lowest BCUT2D eigenvalue weighted by molar-refractivity contribution is 0.322. The van der Waals surface area contributed by atoms with E-state index in [1.165, 1.54) is 20.1 Å². The second-order valence-electron chi connectivity index (χ2n) is 5.20. The zero-order chi connectivity index (χ0) is 19.6. The van der Waals surface area contributed by atoms with Crippen molar-refractivity contribution in [2.45, 2.75) is 17.9 Å². The molecule has 0 saturated heterocycles. The Morgan fingerprint density at radius 3 is 1.96 bits per heavy atom. The van der Waals surface area contributed by atoms with Crippen molar-refractivity contribution < 1.29 is 35.5 Å². The van der Waals surface area contributed by atoms with E-state index in [2.05, 4.69) is 4.74 Å². The Balaban J connectivity index is 2.52. The number of rotatable bonds is 6. The Bertz CT molecular complexity index is 905. The van der Waals surface area contributed by atoms with Crippen LogP contribution in [0.2, 0.25) is 0 Å². The van der Waals surface area contributed by atoms with Crippen LogP contribution in [0.15, 0.2) is 29.2 Å². The Labute approximate surface area is 147 Å². The molecule has 2 aromatic carbocycles. The van der Waals surface area contributed by atoms with Crippen LogP contribution in [0, 0.1) is 23.3 Å². The first kappa shape index (κ1) is 20.0. The van der Waals surface area contributed by atoms with Gasteiger partial charge in [-0.25, -0.2) is 21.9 Å². The van der Waals surface area contributed by atoms with Gasteiger partial charge in [-0.1, -0.05) is 18.2 Å². The Morgan fingerprint density at radius 1 is 0.923 bits per heavy atom. The van der Waals surface area contributed by atoms with Crippen LogP contribution in [0.5, 0.6) is 11.5 Å². The lowest BCUT2D eigenvalue weighted by Gasteiger charge is -2.18. The summed E-state index contributed by atoms with van der Waals surface area (Å²) < 4.78 is 91.7. The number of hydrogen-bond donors (Lipinski definition) is 1. The molecule has 142 valence electrons. The van der Waals surface area contributed by atoms with Crippen LogP contribution in [0.25, 0.3) is 0 Å². The van der Waals surface area contributed by atoms with Crippen molar-refractivity contribution in [2.24, 2.45) is 0 Å². The van der Waals surface area contributed by atoms with Gasteiger partial charge in [0, 0.05) is 11.6 Å². The molecule has 1 N–H and O–H groups in total. The van der Waals surface area contributed by atoms with Crippen LogP contribution in [-0.4, -0.2) is 22.6 Å². The van der Waals surface area contributed by atoms with E-state index in [1.54, 1.807) is 18.2 Å². The molecule has 2 aromatic rings. The molecule has 0 heterocycles. The van der Waals surface area contributed by atoms with Crippen LogP contribution >= 0.6 is 0 Å². The minimum absolute atomic E-state index is 0.315. The van der Waals surface area contributed by atoms with Crippen LogP contribution < -0.4 is 14.2 Å². The maximum absolute atomic E-state index is 14.1. The van der Waals surface area contributed by atoms with Crippen LogP contribution in [0.1, 0.15) is 18.5 Å². The van der Waals surface area contributed by atoms with E-state index in [0.717, 1.165) is 7.11 Å². The molecule has 2 rings (SSSR count). The second kappa shape index (κ2) is 7.50. The molecule has 0 radical (unpaired) electrons. The summed E-state index contributed by atoms with van der Waals surface area (Å²) in [7, 11) is -2.81. The molecule has 0 amide bonds. The fourth-order valence-corrected chi connectivity index (χ4v) is 3.75. The molecule has 1 atom stereocenters. The van der Waals surface area contributed by atoms with Crippen molar-refractivity contribution in [3.8, 4) is 11.5 Å². The average molecular weight is 393 g/mol. The van der Waals surface area contributed by atoms with Crippen LogP contribution in [-0.2, 0) is 10.0 Å². The topological polar surface area (TPSA) is 64.6 Å². The zero-order valence-electron chi connectivity index (χ0n) is 13.9. The minimum atomic E-state index is -4.96. The highest BCUT2D eigenvalue weighted by Gasteiger charge is 2.34. The first-order valence-electron chi connectivity index (χ1n) is 7.20. The number of benzene rings is 2. The number of nitrogens with one attached hydrogen (secondary N) is 1. The fourth-order valence-electron chi connectivity index (χ4n) is 2.39. The monoisotopic (exact) mass is 393 g/mol. The first-order chi connectivity index (χ1) is 12.2. The fraction of sp³-hybridized carbons (Fsp3) is 0.250. The second-order valence-corrected chi connectivity index (χ2v) is 6.85. The molecule has 0 aliphatic rings. The molecule has 0 aliphatic heterocycles. The van der Waals surface area contributed by atoms with Gasteiger partial charge >= 0.3 is 0 Å². The van der Waals surface area contributed by atoms with Crippen molar-refractivity contribution in [1.82, 2.24) is 4.72 Å². The van der Waals surface area contributed by atoms with E-state index in [1.807, 2.05) is 4.72 Å². The van der Waals surface area contributed by atoms with Crippen LogP contribution in [0.4, 0.5) is 17.6 Å². The molecule has 0 aliphatic carbocycles. The van der Waals surface area contributed by atoms with E-state index >= 15 is 0 Å². The van der Waals surface area contributed by atoms with Gasteiger partial charge in [0.2, 0.25) is 21.7 Å². The highest BCUT2D eigenvalue weighted by Crippen LogP contribution is 2.33. The number of methoxy groups -OCH3 is 2. The average Bonchev–Trinajstić information content (AvgIpc) is 2.60. The van der Waals surface area contributed by atoms with Crippen molar-refractivity contribution in [2.75, 3.05) is 14.2 Å². The molecule has 0 aromatic heterocycles. The summed E-state index contributed by atoms with van der Waals surface area (Å²) in [6.45, 7) is 1.38. The summed E-state index contributed by atoms with van der Waals surface area (Å²) in [5, 5.41) is 0. The number of halogens is 4. The molecular formula is C16H15F4NO4S. The maximum Gasteiger partial charge on any atom is 0.247 e. The van der Waals surface area contributed by atoms with Gasteiger partial charge in [-0.3, -0.25) is 0 Å². The standard InChI is InChI=1S/C16H15F4NO4S/c1-8(9-6-4-5-7-10(9)24-2)21-26(22,23)16-13(19)11(17)15(25-3)12(18)14(16)20/h4-8,21H,1-3H3. The van der Waals surface area contributed by atoms with Gasteiger partial charge < -0.3 is 9.47 Å². The molecule has 0 spiro atoms. The normalized spacial score (nSPS) is 12.7. The number of para-hydroxylation sites is 1. The lowest BCUT2D eigenvalue weighted by atomic mass is 10.1. The van der Waals surface area contributed by atoms with E-state index in [4.69, 9.17) is 4.74 Å². The van der Waals surface area contributed by atoms with E-state index in [0.29, 0.717) is 11.3 Å². The molecule has 1 unspecified atom stereocenters. The molecule has 0 fully saturated rings. The van der Waals surface area contributed by atoms with E-state index in [9.17, 15) is 26.0 Å². The zero-order valence-corrected chi connectivity index (χ0v) is 14.8. The quantitative estimate of drug-likeness (QED) is 0.604. The van der Waals surface area contributed by atoms with Crippen molar-refractivity contribution >= 4 is 10.0 Å². The lowest BCUT2D eigenvalue weighted by Crippen LogP contribution is -2.29. The Hall–Kier alpha value is -2.33. The third-order valence-corrected chi connectivity index (χ3v) is 5.15. The van der Waals surface area contributed by atoms with Crippen molar-refractivity contribution in [3.05, 3.63) is 53.1 Å².